The van der Waals surface area contributed by atoms with Crippen molar-refractivity contribution in [1.29, 1.82) is 5.26 Å². The number of furan rings is 1. The molecular weight excluding hydrogens is 222 g/mol. The number of nitrogens with zero attached hydrogens (tertiary/aromatic N) is 2. The quantitative estimate of drug-likeness (QED) is 0.378. The molecule has 1 atom stereocenters. The molecule has 0 saturated heterocycles. The van der Waals surface area contributed by atoms with Gasteiger partial charge in [-0.15, -0.1) is 0 Å². The monoisotopic (exact) mass is 237 g/mol. The number of amidine groups is 1. The van der Waals surface area contributed by atoms with Gasteiger partial charge < -0.3 is 4.42 Å². The van der Waals surface area contributed by atoms with Gasteiger partial charge in [-0.2, -0.15) is 5.26 Å². The fourth-order valence-corrected chi connectivity index (χ4v) is 1.69. The number of thioether (sulfide) groups is 1. The zero-order chi connectivity index (χ0) is 11.8. The molecule has 1 unspecified atom stereocenters. The number of rotatable bonds is 4. The van der Waals surface area contributed by atoms with Gasteiger partial charge in [-0.25, -0.2) is 0 Å². The van der Waals surface area contributed by atoms with Crippen LogP contribution in [-0.4, -0.2) is 17.5 Å². The summed E-state index contributed by atoms with van der Waals surface area (Å²) in [5.74, 6) is 0.973. The smallest absolute Gasteiger partial charge is 0.183 e. The molecule has 0 saturated carbocycles. The summed E-state index contributed by atoms with van der Waals surface area (Å²) in [6.07, 6.45) is 7.21. The van der Waals surface area contributed by atoms with Gasteiger partial charge in [-0.1, -0.05) is 11.8 Å². The molecule has 0 aromatic carbocycles. The first-order valence-electron chi connectivity index (χ1n) is 5.05. The maximum absolute atomic E-state index is 8.49. The van der Waals surface area contributed by atoms with Crippen LogP contribution in [0, 0.1) is 11.5 Å². The Balaban J connectivity index is 2.40. The van der Waals surface area contributed by atoms with Crippen LogP contribution in [0.2, 0.25) is 0 Å². The van der Waals surface area contributed by atoms with E-state index in [1.54, 1.807) is 6.26 Å². The van der Waals surface area contributed by atoms with Gasteiger partial charge in [0.05, 0.1) is 12.3 Å². The average molecular weight is 237 g/mol. The lowest BCUT2D eigenvalue weighted by Gasteiger charge is -2.07. The number of hydrogen-bond donors (Lipinski definition) is 1. The van der Waals surface area contributed by atoms with Crippen molar-refractivity contribution in [1.82, 2.24) is 5.32 Å². The van der Waals surface area contributed by atoms with Crippen LogP contribution in [0.15, 0.2) is 27.8 Å². The van der Waals surface area contributed by atoms with Gasteiger partial charge in [0.25, 0.3) is 0 Å². The predicted molar refractivity (Wildman–Crippen MR) is 66.2 cm³/mol. The Morgan fingerprint density at radius 2 is 2.56 bits per heavy atom. The second kappa shape index (κ2) is 6.96. The van der Waals surface area contributed by atoms with Crippen molar-refractivity contribution in [2.75, 3.05) is 6.26 Å². The summed E-state index contributed by atoms with van der Waals surface area (Å²) in [6.45, 7) is 2.03. The Bertz CT molecular complexity index is 367. The van der Waals surface area contributed by atoms with Crippen molar-refractivity contribution in [3.63, 3.8) is 0 Å². The third kappa shape index (κ3) is 4.41. The van der Waals surface area contributed by atoms with Gasteiger partial charge in [0.15, 0.2) is 11.4 Å². The van der Waals surface area contributed by atoms with E-state index in [1.165, 1.54) is 11.8 Å². The van der Waals surface area contributed by atoms with Gasteiger partial charge in [0.1, 0.15) is 5.76 Å². The van der Waals surface area contributed by atoms with Gasteiger partial charge >= 0.3 is 0 Å². The van der Waals surface area contributed by atoms with E-state index < -0.39 is 0 Å². The van der Waals surface area contributed by atoms with E-state index in [4.69, 9.17) is 9.68 Å². The van der Waals surface area contributed by atoms with Gasteiger partial charge in [-0.3, -0.25) is 10.3 Å². The number of aryl methyl sites for hydroxylation is 1. The van der Waals surface area contributed by atoms with Gasteiger partial charge in [0, 0.05) is 6.42 Å². The molecular formula is C11H15N3OS. The number of nitrogens with one attached hydrogen (secondary N) is 1. The molecule has 1 heterocycles. The first-order chi connectivity index (χ1) is 7.76. The van der Waals surface area contributed by atoms with Crippen molar-refractivity contribution in [2.24, 2.45) is 4.99 Å². The third-order valence-electron chi connectivity index (χ3n) is 2.08. The largest absolute Gasteiger partial charge is 0.469 e. The summed E-state index contributed by atoms with van der Waals surface area (Å²) < 4.78 is 5.24. The number of aliphatic imine (C=N–C) groups is 1. The maximum Gasteiger partial charge on any atom is 0.183 e. The van der Waals surface area contributed by atoms with E-state index in [1.807, 2.05) is 31.5 Å². The molecule has 0 aliphatic rings. The molecule has 1 aromatic heterocycles. The van der Waals surface area contributed by atoms with Crippen molar-refractivity contribution >= 4 is 16.9 Å². The van der Waals surface area contributed by atoms with Crippen LogP contribution in [0.1, 0.15) is 19.1 Å². The van der Waals surface area contributed by atoms with Crippen LogP contribution in [0.3, 0.4) is 0 Å². The van der Waals surface area contributed by atoms with E-state index >= 15 is 0 Å². The molecule has 5 heteroatoms. The number of hydrogen-bond acceptors (Lipinski definition) is 4. The molecule has 0 bridgehead atoms. The molecule has 0 fully saturated rings. The molecule has 16 heavy (non-hydrogen) atoms. The van der Waals surface area contributed by atoms with Crippen LogP contribution < -0.4 is 5.32 Å². The van der Waals surface area contributed by atoms with E-state index in [0.717, 1.165) is 18.6 Å². The zero-order valence-electron chi connectivity index (χ0n) is 9.43. The lowest BCUT2D eigenvalue weighted by atomic mass is 10.1. The summed E-state index contributed by atoms with van der Waals surface area (Å²) in [6, 6.07) is 4.01. The molecule has 1 aromatic rings. The lowest BCUT2D eigenvalue weighted by molar-refractivity contribution is 0.491. The van der Waals surface area contributed by atoms with Crippen LogP contribution >= 0.6 is 11.8 Å². The third-order valence-corrected chi connectivity index (χ3v) is 2.68. The Labute approximate surface area is 99.7 Å². The van der Waals surface area contributed by atoms with Crippen LogP contribution in [0.25, 0.3) is 0 Å². The summed E-state index contributed by atoms with van der Waals surface area (Å²) in [5, 5.41) is 11.7. The minimum Gasteiger partial charge on any atom is -0.469 e. The van der Waals surface area contributed by atoms with Crippen LogP contribution in [-0.2, 0) is 6.42 Å². The summed E-state index contributed by atoms with van der Waals surface area (Å²) >= 11 is 1.44. The SMILES string of the molecule is CSC(=NC(C)CCc1ccco1)NC#N. The summed E-state index contributed by atoms with van der Waals surface area (Å²) in [7, 11) is 0. The second-order valence-electron chi connectivity index (χ2n) is 3.34. The van der Waals surface area contributed by atoms with Gasteiger partial charge in [-0.05, 0) is 31.7 Å². The second-order valence-corrected chi connectivity index (χ2v) is 4.14. The highest BCUT2D eigenvalue weighted by atomic mass is 32.2. The highest BCUT2D eigenvalue weighted by Crippen LogP contribution is 2.09. The minimum atomic E-state index is 0.174. The Kier molecular flexibility index (Phi) is 5.51. The average Bonchev–Trinajstić information content (AvgIpc) is 2.78. The summed E-state index contributed by atoms with van der Waals surface area (Å²) in [4.78, 5) is 4.39. The molecule has 0 aliphatic heterocycles. The lowest BCUT2D eigenvalue weighted by Crippen LogP contribution is -2.16. The van der Waals surface area contributed by atoms with Crippen molar-refractivity contribution in [2.45, 2.75) is 25.8 Å². The van der Waals surface area contributed by atoms with Crippen LogP contribution in [0.5, 0.6) is 0 Å². The first kappa shape index (κ1) is 12.7. The van der Waals surface area contributed by atoms with E-state index in [0.29, 0.717) is 5.17 Å². The minimum absolute atomic E-state index is 0.174. The van der Waals surface area contributed by atoms with Crippen LogP contribution in [0.4, 0.5) is 0 Å². The van der Waals surface area contributed by atoms with E-state index in [2.05, 4.69) is 10.3 Å². The molecule has 0 aliphatic carbocycles. The highest BCUT2D eigenvalue weighted by molar-refractivity contribution is 8.13. The van der Waals surface area contributed by atoms with Crippen molar-refractivity contribution < 1.29 is 4.42 Å². The highest BCUT2D eigenvalue weighted by Gasteiger charge is 2.04. The Morgan fingerprint density at radius 1 is 1.75 bits per heavy atom. The summed E-state index contributed by atoms with van der Waals surface area (Å²) in [5.41, 5.74) is 0. The van der Waals surface area contributed by atoms with Gasteiger partial charge in [0.2, 0.25) is 0 Å². The van der Waals surface area contributed by atoms with Crippen molar-refractivity contribution in [3.8, 4) is 6.19 Å². The fourth-order valence-electron chi connectivity index (χ4n) is 1.25. The molecule has 4 nitrogen and oxygen atoms in total. The number of nitriles is 1. The molecule has 0 spiro atoms. The van der Waals surface area contributed by atoms with E-state index in [9.17, 15) is 0 Å². The fraction of sp³-hybridized carbons (Fsp3) is 0.455. The van der Waals surface area contributed by atoms with Crippen molar-refractivity contribution in [3.05, 3.63) is 24.2 Å². The zero-order valence-corrected chi connectivity index (χ0v) is 10.3. The Morgan fingerprint density at radius 3 is 3.12 bits per heavy atom. The predicted octanol–water partition coefficient (Wildman–Crippen LogP) is 2.39. The van der Waals surface area contributed by atoms with E-state index in [-0.39, 0.29) is 6.04 Å². The molecule has 86 valence electrons. The normalized spacial score (nSPS) is 13.2. The maximum atomic E-state index is 8.49. The molecule has 0 radical (unpaired) electrons. The Hall–Kier alpha value is -1.41. The molecule has 1 rings (SSSR count). The first-order valence-corrected chi connectivity index (χ1v) is 6.28. The standard InChI is InChI=1S/C11H15N3OS/c1-9(14-11(16-2)13-8-12)5-6-10-4-3-7-15-10/h3-4,7,9H,5-6H2,1-2H3,(H,13,14). The molecule has 0 amide bonds. The topological polar surface area (TPSA) is 61.3 Å². The molecule has 1 N–H and O–H groups in total.